The highest BCUT2D eigenvalue weighted by Gasteiger charge is 2.25. The molecule has 1 aliphatic rings. The highest BCUT2D eigenvalue weighted by Crippen LogP contribution is 2.33. The maximum absolute atomic E-state index is 12.3. The number of para-hydroxylation sites is 1. The van der Waals surface area contributed by atoms with E-state index in [1.54, 1.807) is 36.4 Å². The summed E-state index contributed by atoms with van der Waals surface area (Å²) in [6.45, 7) is 4.00. The molecule has 2 aromatic carbocycles. The Morgan fingerprint density at radius 3 is 2.70 bits per heavy atom. The zero-order valence-corrected chi connectivity index (χ0v) is 17.0. The second-order valence-corrected chi connectivity index (χ2v) is 7.71. The van der Waals surface area contributed by atoms with E-state index >= 15 is 0 Å². The molecule has 0 atom stereocenters. The Labute approximate surface area is 176 Å². The van der Waals surface area contributed by atoms with Crippen molar-refractivity contribution in [1.82, 2.24) is 5.32 Å². The summed E-state index contributed by atoms with van der Waals surface area (Å²) in [4.78, 5) is 28.1. The number of amides is 1. The summed E-state index contributed by atoms with van der Waals surface area (Å²) in [5, 5.41) is 14.5. The lowest BCUT2D eigenvalue weighted by atomic mass is 10.1. The van der Waals surface area contributed by atoms with Gasteiger partial charge in [0.15, 0.2) is 5.17 Å². The fraction of sp³-hybridized carbons (Fsp3) is 0.0909. The van der Waals surface area contributed by atoms with Gasteiger partial charge in [-0.2, -0.15) is 0 Å². The van der Waals surface area contributed by atoms with Crippen molar-refractivity contribution < 1.29 is 14.1 Å². The zero-order valence-electron chi connectivity index (χ0n) is 16.2. The van der Waals surface area contributed by atoms with Gasteiger partial charge in [0.05, 0.1) is 21.1 Å². The molecule has 1 N–H and O–H groups in total. The normalized spacial score (nSPS) is 16.3. The lowest BCUT2D eigenvalue weighted by Gasteiger charge is -2.04. The number of nitrogens with zero attached hydrogens (tertiary/aromatic N) is 2. The van der Waals surface area contributed by atoms with Gasteiger partial charge >= 0.3 is 0 Å². The molecular formula is C22H17N3O4S. The first-order valence-electron chi connectivity index (χ1n) is 9.12. The maximum atomic E-state index is 12.3. The van der Waals surface area contributed by atoms with Crippen molar-refractivity contribution in [3.63, 3.8) is 0 Å². The van der Waals surface area contributed by atoms with Crippen LogP contribution in [0.3, 0.4) is 0 Å². The Balaban J connectivity index is 1.60. The number of carbonyl (C=O) groups excluding carboxylic acids is 1. The van der Waals surface area contributed by atoms with Crippen LogP contribution in [0.5, 0.6) is 0 Å². The molecule has 4 rings (SSSR count). The number of furan rings is 1. The van der Waals surface area contributed by atoms with E-state index < -0.39 is 4.92 Å². The van der Waals surface area contributed by atoms with Crippen LogP contribution in [0, 0.1) is 24.0 Å². The molecule has 1 aliphatic heterocycles. The SMILES string of the molecule is Cc1cccc(N=C2NC(=O)/C(=C\c3ccc(-c4ccccc4[N+](=O)[O-])o3)S2)c1C. The lowest BCUT2D eigenvalue weighted by molar-refractivity contribution is -0.384. The fourth-order valence-electron chi connectivity index (χ4n) is 2.99. The zero-order chi connectivity index (χ0) is 21.3. The predicted octanol–water partition coefficient (Wildman–Crippen LogP) is 5.36. The summed E-state index contributed by atoms with van der Waals surface area (Å²) in [7, 11) is 0. The van der Waals surface area contributed by atoms with Crippen molar-refractivity contribution in [2.45, 2.75) is 13.8 Å². The summed E-state index contributed by atoms with van der Waals surface area (Å²) in [6, 6.07) is 15.5. The predicted molar refractivity (Wildman–Crippen MR) is 118 cm³/mol. The third-order valence-corrected chi connectivity index (χ3v) is 5.63. The van der Waals surface area contributed by atoms with Crippen LogP contribution < -0.4 is 5.32 Å². The summed E-state index contributed by atoms with van der Waals surface area (Å²) in [5.41, 5.74) is 3.32. The Kier molecular flexibility index (Phi) is 5.24. The quantitative estimate of drug-likeness (QED) is 0.349. The van der Waals surface area contributed by atoms with E-state index in [2.05, 4.69) is 10.3 Å². The van der Waals surface area contributed by atoms with Crippen molar-refractivity contribution in [3.8, 4) is 11.3 Å². The van der Waals surface area contributed by atoms with E-state index in [0.717, 1.165) is 16.8 Å². The molecule has 8 heteroatoms. The number of rotatable bonds is 4. The number of aliphatic imine (C=N–C) groups is 1. The third-order valence-electron chi connectivity index (χ3n) is 4.72. The molecule has 1 aromatic heterocycles. The van der Waals surface area contributed by atoms with Crippen LogP contribution in [-0.2, 0) is 4.79 Å². The van der Waals surface area contributed by atoms with Gasteiger partial charge in [0.2, 0.25) is 0 Å². The number of thioether (sulfide) groups is 1. The highest BCUT2D eigenvalue weighted by molar-refractivity contribution is 8.18. The van der Waals surface area contributed by atoms with Crippen molar-refractivity contribution in [2.75, 3.05) is 0 Å². The van der Waals surface area contributed by atoms with Crippen LogP contribution in [0.2, 0.25) is 0 Å². The first kappa shape index (κ1) is 19.7. The third kappa shape index (κ3) is 3.90. The van der Waals surface area contributed by atoms with E-state index in [9.17, 15) is 14.9 Å². The molecule has 0 saturated carbocycles. The fourth-order valence-corrected chi connectivity index (χ4v) is 3.81. The number of hydrogen-bond acceptors (Lipinski definition) is 6. The Bertz CT molecular complexity index is 1230. The monoisotopic (exact) mass is 419 g/mol. The minimum absolute atomic E-state index is 0.0398. The van der Waals surface area contributed by atoms with Gasteiger partial charge in [-0.25, -0.2) is 4.99 Å². The molecule has 3 aromatic rings. The molecule has 0 unspecified atom stereocenters. The Hall–Kier alpha value is -3.65. The topological polar surface area (TPSA) is 97.7 Å². The van der Waals surface area contributed by atoms with Crippen molar-refractivity contribution in [3.05, 3.63) is 86.5 Å². The second-order valence-electron chi connectivity index (χ2n) is 6.68. The Morgan fingerprint density at radius 2 is 1.90 bits per heavy atom. The van der Waals surface area contributed by atoms with Crippen LogP contribution in [0.15, 0.2) is 68.9 Å². The molecular weight excluding hydrogens is 402 g/mol. The van der Waals surface area contributed by atoms with Crippen molar-refractivity contribution >= 4 is 40.3 Å². The molecule has 1 saturated heterocycles. The molecule has 0 aliphatic carbocycles. The van der Waals surface area contributed by atoms with E-state index in [1.807, 2.05) is 32.0 Å². The molecule has 30 heavy (non-hydrogen) atoms. The van der Waals surface area contributed by atoms with Gasteiger partial charge < -0.3 is 9.73 Å². The van der Waals surface area contributed by atoms with Crippen LogP contribution in [0.4, 0.5) is 11.4 Å². The molecule has 0 spiro atoms. The number of amidine groups is 1. The van der Waals surface area contributed by atoms with Gasteiger partial charge in [0.1, 0.15) is 11.5 Å². The first-order valence-corrected chi connectivity index (χ1v) is 9.93. The van der Waals surface area contributed by atoms with E-state index in [0.29, 0.717) is 27.2 Å². The summed E-state index contributed by atoms with van der Waals surface area (Å²) in [6.07, 6.45) is 1.60. The summed E-state index contributed by atoms with van der Waals surface area (Å²) in [5.74, 6) is 0.517. The molecule has 1 amide bonds. The number of nitrogens with one attached hydrogen (secondary N) is 1. The van der Waals surface area contributed by atoms with Crippen molar-refractivity contribution in [2.24, 2.45) is 4.99 Å². The van der Waals surface area contributed by atoms with Crippen molar-refractivity contribution in [1.29, 1.82) is 0 Å². The number of carbonyl (C=O) groups is 1. The standard InChI is InChI=1S/C22H17N3O4S/c1-13-6-5-8-17(14(13)2)23-22-24-21(26)20(30-22)12-15-10-11-19(29-15)16-7-3-4-9-18(16)25(27)28/h3-12H,1-2H3,(H,23,24,26)/b20-12+. The molecule has 0 bridgehead atoms. The molecule has 2 heterocycles. The molecule has 1 fully saturated rings. The first-order chi connectivity index (χ1) is 14.4. The average molecular weight is 419 g/mol. The summed E-state index contributed by atoms with van der Waals surface area (Å²) >= 11 is 1.22. The van der Waals surface area contributed by atoms with Crippen LogP contribution >= 0.6 is 11.8 Å². The van der Waals surface area contributed by atoms with E-state index in [4.69, 9.17) is 4.42 Å². The van der Waals surface area contributed by atoms with E-state index in [-0.39, 0.29) is 11.6 Å². The number of nitro benzene ring substituents is 1. The largest absolute Gasteiger partial charge is 0.456 e. The van der Waals surface area contributed by atoms with Gasteiger partial charge in [0.25, 0.3) is 11.6 Å². The summed E-state index contributed by atoms with van der Waals surface area (Å²) < 4.78 is 5.75. The maximum Gasteiger partial charge on any atom is 0.280 e. The van der Waals surface area contributed by atoms with Gasteiger partial charge in [-0.1, -0.05) is 24.3 Å². The molecule has 150 valence electrons. The van der Waals surface area contributed by atoms with Gasteiger partial charge in [-0.05, 0) is 61.0 Å². The average Bonchev–Trinajstić information content (AvgIpc) is 3.32. The van der Waals surface area contributed by atoms with Crippen LogP contribution in [0.1, 0.15) is 16.9 Å². The van der Waals surface area contributed by atoms with E-state index in [1.165, 1.54) is 17.8 Å². The lowest BCUT2D eigenvalue weighted by Crippen LogP contribution is -2.19. The Morgan fingerprint density at radius 1 is 1.10 bits per heavy atom. The minimum Gasteiger partial charge on any atom is -0.456 e. The van der Waals surface area contributed by atoms with Crippen LogP contribution in [0.25, 0.3) is 17.4 Å². The smallest absolute Gasteiger partial charge is 0.280 e. The highest BCUT2D eigenvalue weighted by atomic mass is 32.2. The second kappa shape index (κ2) is 8.00. The van der Waals surface area contributed by atoms with Gasteiger partial charge in [-0.15, -0.1) is 0 Å². The molecule has 7 nitrogen and oxygen atoms in total. The van der Waals surface area contributed by atoms with Crippen LogP contribution in [-0.4, -0.2) is 16.0 Å². The number of aryl methyl sites for hydroxylation is 1. The number of benzene rings is 2. The van der Waals surface area contributed by atoms with Gasteiger partial charge in [-0.3, -0.25) is 14.9 Å². The molecule has 0 radical (unpaired) electrons. The van der Waals surface area contributed by atoms with Gasteiger partial charge in [0, 0.05) is 12.1 Å². The minimum atomic E-state index is -0.452. The number of nitro groups is 1. The number of hydrogen-bond donors (Lipinski definition) is 1.